The van der Waals surface area contributed by atoms with E-state index in [2.05, 4.69) is 35.2 Å². The molecule has 1 aliphatic carbocycles. The number of amides is 1. The van der Waals surface area contributed by atoms with E-state index in [1.54, 1.807) is 0 Å². The second kappa shape index (κ2) is 9.12. The molecule has 4 heteroatoms. The van der Waals surface area contributed by atoms with Gasteiger partial charge in [-0.05, 0) is 41.4 Å². The van der Waals surface area contributed by atoms with Crippen molar-refractivity contribution in [2.75, 3.05) is 26.2 Å². The molecule has 3 aromatic carbocycles. The Morgan fingerprint density at radius 3 is 1.85 bits per heavy atom. The van der Waals surface area contributed by atoms with Gasteiger partial charge in [-0.15, -0.1) is 0 Å². The summed E-state index contributed by atoms with van der Waals surface area (Å²) in [6.45, 7) is 6.50. The van der Waals surface area contributed by atoms with Gasteiger partial charge in [0.05, 0.1) is 0 Å². The highest BCUT2D eigenvalue weighted by Crippen LogP contribution is 2.52. The van der Waals surface area contributed by atoms with E-state index in [9.17, 15) is 9.90 Å². The van der Waals surface area contributed by atoms with Gasteiger partial charge < -0.3 is 10.0 Å². The minimum Gasteiger partial charge on any atom is -0.372 e. The number of hydrogen-bond donors (Lipinski definition) is 1. The minimum absolute atomic E-state index is 0.228. The van der Waals surface area contributed by atoms with Crippen molar-refractivity contribution in [3.63, 3.8) is 0 Å². The largest absolute Gasteiger partial charge is 0.372 e. The molecular weight excluding hydrogens is 408 g/mol. The molecule has 1 aliphatic heterocycles. The van der Waals surface area contributed by atoms with Crippen molar-refractivity contribution in [1.29, 1.82) is 0 Å². The zero-order valence-electron chi connectivity index (χ0n) is 19.2. The Morgan fingerprint density at radius 2 is 1.36 bits per heavy atom. The molecule has 3 aromatic rings. The Balaban J connectivity index is 1.29. The Bertz CT molecular complexity index is 1020. The third-order valence-corrected chi connectivity index (χ3v) is 7.49. The first kappa shape index (κ1) is 21.9. The van der Waals surface area contributed by atoms with Crippen molar-refractivity contribution >= 4 is 5.91 Å². The maximum Gasteiger partial charge on any atom is 0.263 e. The molecular formula is C29H32N2O2. The normalized spacial score (nSPS) is 22.1. The van der Waals surface area contributed by atoms with Crippen LogP contribution in [0.2, 0.25) is 0 Å². The Labute approximate surface area is 196 Å². The van der Waals surface area contributed by atoms with E-state index in [1.807, 2.05) is 72.5 Å². The van der Waals surface area contributed by atoms with Gasteiger partial charge in [-0.1, -0.05) is 91.0 Å². The van der Waals surface area contributed by atoms with Crippen LogP contribution in [0.15, 0.2) is 91.0 Å². The molecule has 1 saturated heterocycles. The topological polar surface area (TPSA) is 43.8 Å². The van der Waals surface area contributed by atoms with Crippen molar-refractivity contribution < 1.29 is 9.90 Å². The molecule has 0 unspecified atom stereocenters. The zero-order chi connectivity index (χ0) is 22.8. The van der Waals surface area contributed by atoms with Crippen LogP contribution >= 0.6 is 0 Å². The van der Waals surface area contributed by atoms with Crippen LogP contribution in [0, 0.1) is 17.8 Å². The molecule has 0 aromatic heterocycles. The van der Waals surface area contributed by atoms with Crippen LogP contribution in [0.5, 0.6) is 0 Å². The first-order valence-electron chi connectivity index (χ1n) is 12.0. The lowest BCUT2D eigenvalue weighted by Gasteiger charge is -2.34. The van der Waals surface area contributed by atoms with Gasteiger partial charge >= 0.3 is 0 Å². The lowest BCUT2D eigenvalue weighted by atomic mass is 9.85. The van der Waals surface area contributed by atoms with Crippen LogP contribution in [-0.2, 0) is 16.9 Å². The molecule has 1 heterocycles. The van der Waals surface area contributed by atoms with E-state index < -0.39 is 5.60 Å². The van der Waals surface area contributed by atoms with Gasteiger partial charge in [0.1, 0.15) is 0 Å². The predicted molar refractivity (Wildman–Crippen MR) is 130 cm³/mol. The fraction of sp³-hybridized carbons (Fsp3) is 0.345. The van der Waals surface area contributed by atoms with Crippen LogP contribution in [0.4, 0.5) is 0 Å². The second-order valence-corrected chi connectivity index (χ2v) is 9.46. The molecule has 0 bridgehead atoms. The van der Waals surface area contributed by atoms with Crippen molar-refractivity contribution in [1.82, 2.24) is 9.80 Å². The number of carbonyl (C=O) groups is 1. The number of benzene rings is 3. The molecule has 5 rings (SSSR count). The summed E-state index contributed by atoms with van der Waals surface area (Å²) in [6.07, 6.45) is 0. The van der Waals surface area contributed by atoms with Crippen molar-refractivity contribution in [3.8, 4) is 0 Å². The maximum absolute atomic E-state index is 13.9. The summed E-state index contributed by atoms with van der Waals surface area (Å²) in [5.41, 5.74) is 0.910. The maximum atomic E-state index is 13.9. The number of carbonyl (C=O) groups excluding carboxylic acids is 1. The van der Waals surface area contributed by atoms with Gasteiger partial charge in [0.15, 0.2) is 5.60 Å². The summed E-state index contributed by atoms with van der Waals surface area (Å²) in [6, 6.07) is 29.3. The van der Waals surface area contributed by atoms with Gasteiger partial charge in [-0.2, -0.15) is 0 Å². The van der Waals surface area contributed by atoms with E-state index in [4.69, 9.17) is 0 Å². The lowest BCUT2D eigenvalue weighted by molar-refractivity contribution is -0.148. The molecule has 33 heavy (non-hydrogen) atoms. The number of aliphatic hydroxyl groups is 1. The predicted octanol–water partition coefficient (Wildman–Crippen LogP) is 4.15. The van der Waals surface area contributed by atoms with Crippen LogP contribution < -0.4 is 0 Å². The number of piperidine rings is 1. The van der Waals surface area contributed by atoms with Gasteiger partial charge in [0, 0.05) is 32.7 Å². The summed E-state index contributed by atoms with van der Waals surface area (Å²) in [5, 5.41) is 11.9. The molecule has 1 N–H and O–H groups in total. The molecule has 2 aliphatic rings. The van der Waals surface area contributed by atoms with E-state index in [1.165, 1.54) is 5.56 Å². The summed E-state index contributed by atoms with van der Waals surface area (Å²) in [5.74, 6) is 1.60. The highest BCUT2D eigenvalue weighted by Gasteiger charge is 2.56. The monoisotopic (exact) mass is 440 g/mol. The van der Waals surface area contributed by atoms with Crippen LogP contribution in [0.3, 0.4) is 0 Å². The van der Waals surface area contributed by atoms with E-state index in [0.717, 1.165) is 19.6 Å². The molecule has 1 amide bonds. The Morgan fingerprint density at radius 1 is 0.879 bits per heavy atom. The van der Waals surface area contributed by atoms with Gasteiger partial charge in [-0.25, -0.2) is 0 Å². The zero-order valence-corrected chi connectivity index (χ0v) is 19.2. The van der Waals surface area contributed by atoms with Crippen molar-refractivity contribution in [3.05, 3.63) is 108 Å². The van der Waals surface area contributed by atoms with Crippen molar-refractivity contribution in [2.45, 2.75) is 19.1 Å². The second-order valence-electron chi connectivity index (χ2n) is 9.46. The number of rotatable bonds is 8. The molecule has 1 saturated carbocycles. The quantitative estimate of drug-likeness (QED) is 0.572. The first-order chi connectivity index (χ1) is 16.1. The fourth-order valence-corrected chi connectivity index (χ4v) is 5.59. The summed E-state index contributed by atoms with van der Waals surface area (Å²) in [4.78, 5) is 18.2. The third kappa shape index (κ3) is 4.21. The number of likely N-dealkylation sites (tertiary alicyclic amines) is 1. The third-order valence-electron chi connectivity index (χ3n) is 7.49. The summed E-state index contributed by atoms with van der Waals surface area (Å²) >= 11 is 0. The standard InChI is InChI=1S/C29H32N2O2/c1-2-31(21-27-25-19-30(20-26(25)27)18-22-12-6-3-7-13-22)28(32)29(33,23-14-8-4-9-15-23)24-16-10-5-11-17-24/h3-17,25-27,33H,2,18-21H2,1H3/t25-,26+,27+. The molecule has 4 nitrogen and oxygen atoms in total. The molecule has 2 fully saturated rings. The number of likely N-dealkylation sites (N-methyl/N-ethyl adjacent to an activating group) is 1. The van der Waals surface area contributed by atoms with Gasteiger partial charge in [-0.3, -0.25) is 9.69 Å². The Kier molecular flexibility index (Phi) is 6.05. The van der Waals surface area contributed by atoms with Crippen LogP contribution in [0.1, 0.15) is 23.6 Å². The number of hydrogen-bond acceptors (Lipinski definition) is 3. The SMILES string of the molecule is CCN(C[C@H]1[C@@H]2CN(Cc3ccccc3)C[C@@H]21)C(=O)C(O)(c1ccccc1)c1ccccc1. The average Bonchev–Trinajstić information content (AvgIpc) is 3.31. The van der Waals surface area contributed by atoms with Crippen molar-refractivity contribution in [2.24, 2.45) is 17.8 Å². The average molecular weight is 441 g/mol. The van der Waals surface area contributed by atoms with E-state index >= 15 is 0 Å². The highest BCUT2D eigenvalue weighted by atomic mass is 16.3. The fourth-order valence-electron chi connectivity index (χ4n) is 5.59. The lowest BCUT2D eigenvalue weighted by Crippen LogP contribution is -2.48. The Hall–Kier alpha value is -2.95. The van der Waals surface area contributed by atoms with E-state index in [-0.39, 0.29) is 5.91 Å². The molecule has 170 valence electrons. The minimum atomic E-state index is -1.68. The van der Waals surface area contributed by atoms with E-state index in [0.29, 0.717) is 42.0 Å². The number of nitrogens with zero attached hydrogens (tertiary/aromatic N) is 2. The molecule has 0 radical (unpaired) electrons. The van der Waals surface area contributed by atoms with Gasteiger partial charge in [0.2, 0.25) is 0 Å². The summed E-state index contributed by atoms with van der Waals surface area (Å²) in [7, 11) is 0. The van der Waals surface area contributed by atoms with Crippen LogP contribution in [0.25, 0.3) is 0 Å². The smallest absolute Gasteiger partial charge is 0.263 e. The molecule has 0 spiro atoms. The van der Waals surface area contributed by atoms with Gasteiger partial charge in [0.25, 0.3) is 5.91 Å². The van der Waals surface area contributed by atoms with Crippen LogP contribution in [-0.4, -0.2) is 47.0 Å². The summed E-state index contributed by atoms with van der Waals surface area (Å²) < 4.78 is 0. The molecule has 3 atom stereocenters. The first-order valence-corrected chi connectivity index (χ1v) is 12.0. The highest BCUT2D eigenvalue weighted by molar-refractivity contribution is 5.90. The number of fused-ring (bicyclic) bond motifs is 1.